The Kier molecular flexibility index (Phi) is 4.74. The molecule has 2 N–H and O–H groups in total. The molecule has 2 aromatic rings. The predicted molar refractivity (Wildman–Crippen MR) is 83.2 cm³/mol. The van der Waals surface area contributed by atoms with Gasteiger partial charge >= 0.3 is 0 Å². The van der Waals surface area contributed by atoms with Gasteiger partial charge in [-0.2, -0.15) is 0 Å². The van der Waals surface area contributed by atoms with Gasteiger partial charge in [0.2, 0.25) is 0 Å². The Balaban J connectivity index is 2.55. The quantitative estimate of drug-likeness (QED) is 0.852. The molecule has 0 spiro atoms. The van der Waals surface area contributed by atoms with Gasteiger partial charge in [-0.1, -0.05) is 45.2 Å². The molecule has 0 aliphatic carbocycles. The first-order valence-electron chi connectivity index (χ1n) is 5.57. The van der Waals surface area contributed by atoms with Crippen molar-refractivity contribution in [2.75, 3.05) is 7.11 Å². The molecule has 2 nitrogen and oxygen atoms in total. The summed E-state index contributed by atoms with van der Waals surface area (Å²) in [7, 11) is 1.60. The Hall–Kier alpha value is -0.740. The molecule has 100 valence electrons. The second-order valence-electron chi connectivity index (χ2n) is 4.00. The lowest BCUT2D eigenvalue weighted by molar-refractivity contribution is 0.408. The summed E-state index contributed by atoms with van der Waals surface area (Å²) in [5.74, 6) is 0.701. The summed E-state index contributed by atoms with van der Waals surface area (Å²) < 4.78 is 6.25. The van der Waals surface area contributed by atoms with Gasteiger partial charge in [0.25, 0.3) is 0 Å². The first kappa shape index (κ1) is 14.7. The molecule has 0 aliphatic rings. The van der Waals surface area contributed by atoms with Crippen LogP contribution in [0.5, 0.6) is 5.75 Å². The minimum atomic E-state index is -0.450. The molecule has 0 aliphatic heterocycles. The van der Waals surface area contributed by atoms with Gasteiger partial charge in [-0.05, 0) is 30.3 Å². The van der Waals surface area contributed by atoms with Gasteiger partial charge in [0.15, 0.2) is 0 Å². The monoisotopic (exact) mass is 359 g/mol. The van der Waals surface area contributed by atoms with Crippen molar-refractivity contribution in [1.29, 1.82) is 0 Å². The minimum Gasteiger partial charge on any atom is -0.496 e. The number of methoxy groups -OCH3 is 1. The minimum absolute atomic E-state index is 0.450. The molecule has 1 atom stereocenters. The fraction of sp³-hybridized carbons (Fsp3) is 0.143. The third-order valence-corrected chi connectivity index (χ3v) is 3.99. The topological polar surface area (TPSA) is 35.2 Å². The highest BCUT2D eigenvalue weighted by Gasteiger charge is 2.19. The summed E-state index contributed by atoms with van der Waals surface area (Å²) in [6, 6.07) is 10.5. The van der Waals surface area contributed by atoms with Gasteiger partial charge in [-0.3, -0.25) is 0 Å². The second-order valence-corrected chi connectivity index (χ2v) is 5.73. The summed E-state index contributed by atoms with van der Waals surface area (Å²) >= 11 is 15.8. The summed E-state index contributed by atoms with van der Waals surface area (Å²) in [6.45, 7) is 0. The number of hydrogen-bond acceptors (Lipinski definition) is 2. The third-order valence-electron chi connectivity index (χ3n) is 2.84. The Morgan fingerprint density at radius 2 is 1.79 bits per heavy atom. The zero-order valence-corrected chi connectivity index (χ0v) is 13.3. The van der Waals surface area contributed by atoms with Crippen LogP contribution in [0.25, 0.3) is 0 Å². The number of benzene rings is 2. The predicted octanol–water partition coefficient (Wildman–Crippen LogP) is 4.81. The van der Waals surface area contributed by atoms with E-state index in [-0.39, 0.29) is 0 Å². The molecular weight excluding hydrogens is 349 g/mol. The van der Waals surface area contributed by atoms with E-state index in [1.807, 2.05) is 18.2 Å². The first-order chi connectivity index (χ1) is 9.04. The van der Waals surface area contributed by atoms with Crippen LogP contribution in [0.4, 0.5) is 0 Å². The molecule has 0 saturated carbocycles. The number of halogens is 3. The van der Waals surface area contributed by atoms with E-state index in [1.165, 1.54) is 0 Å². The first-order valence-corrected chi connectivity index (χ1v) is 7.12. The number of hydrogen-bond donors (Lipinski definition) is 1. The van der Waals surface area contributed by atoms with E-state index < -0.39 is 6.04 Å². The number of ether oxygens (including phenoxy) is 1. The molecule has 0 fully saturated rings. The molecule has 5 heteroatoms. The van der Waals surface area contributed by atoms with Gasteiger partial charge in [0.1, 0.15) is 5.75 Å². The maximum atomic E-state index is 6.29. The molecular formula is C14H12BrCl2NO. The average Bonchev–Trinajstić information content (AvgIpc) is 2.38. The van der Waals surface area contributed by atoms with E-state index in [9.17, 15) is 0 Å². The number of nitrogens with two attached hydrogens (primary N) is 1. The van der Waals surface area contributed by atoms with Gasteiger partial charge < -0.3 is 10.5 Å². The van der Waals surface area contributed by atoms with Crippen molar-refractivity contribution in [3.05, 3.63) is 62.0 Å². The Bertz CT molecular complexity index is 584. The highest BCUT2D eigenvalue weighted by atomic mass is 79.9. The van der Waals surface area contributed by atoms with Crippen LogP contribution in [0.1, 0.15) is 17.2 Å². The zero-order chi connectivity index (χ0) is 14.0. The Labute approximate surface area is 130 Å². The van der Waals surface area contributed by atoms with E-state index >= 15 is 0 Å². The van der Waals surface area contributed by atoms with Crippen LogP contribution >= 0.6 is 39.1 Å². The standard InChI is InChI=1S/C14H12BrCl2NO/c1-19-12-6-5-8(15)7-9(12)14(18)13-10(16)3-2-4-11(13)17/h2-7,14H,18H2,1H3. The molecule has 0 radical (unpaired) electrons. The SMILES string of the molecule is COc1ccc(Br)cc1C(N)c1c(Cl)cccc1Cl. The molecule has 0 amide bonds. The summed E-state index contributed by atoms with van der Waals surface area (Å²) in [6.07, 6.45) is 0. The zero-order valence-electron chi connectivity index (χ0n) is 10.2. The van der Waals surface area contributed by atoms with E-state index in [0.717, 1.165) is 10.0 Å². The highest BCUT2D eigenvalue weighted by Crippen LogP contribution is 2.37. The maximum absolute atomic E-state index is 6.29. The number of rotatable bonds is 3. The maximum Gasteiger partial charge on any atom is 0.124 e. The summed E-state index contributed by atoms with van der Waals surface area (Å²) in [5, 5.41) is 1.09. The van der Waals surface area contributed by atoms with Crippen LogP contribution < -0.4 is 10.5 Å². The lowest BCUT2D eigenvalue weighted by Gasteiger charge is -2.18. The van der Waals surface area contributed by atoms with Crippen molar-refractivity contribution >= 4 is 39.1 Å². The van der Waals surface area contributed by atoms with E-state index in [1.54, 1.807) is 25.3 Å². The van der Waals surface area contributed by atoms with Crippen molar-refractivity contribution in [2.24, 2.45) is 5.73 Å². The lowest BCUT2D eigenvalue weighted by atomic mass is 9.98. The van der Waals surface area contributed by atoms with E-state index in [4.69, 9.17) is 33.7 Å². The molecule has 0 heterocycles. The van der Waals surface area contributed by atoms with E-state index in [0.29, 0.717) is 21.4 Å². The summed E-state index contributed by atoms with van der Waals surface area (Å²) in [4.78, 5) is 0. The van der Waals surface area contributed by atoms with Gasteiger partial charge in [-0.15, -0.1) is 0 Å². The Morgan fingerprint density at radius 3 is 2.37 bits per heavy atom. The van der Waals surface area contributed by atoms with Crippen LogP contribution in [0.2, 0.25) is 10.0 Å². The van der Waals surface area contributed by atoms with Crippen molar-refractivity contribution in [2.45, 2.75) is 6.04 Å². The highest BCUT2D eigenvalue weighted by molar-refractivity contribution is 9.10. The molecule has 19 heavy (non-hydrogen) atoms. The summed E-state index contributed by atoms with van der Waals surface area (Å²) in [5.41, 5.74) is 7.82. The van der Waals surface area contributed by atoms with Gasteiger partial charge in [0.05, 0.1) is 13.2 Å². The van der Waals surface area contributed by atoms with E-state index in [2.05, 4.69) is 15.9 Å². The fourth-order valence-electron chi connectivity index (χ4n) is 1.91. The van der Waals surface area contributed by atoms with Crippen LogP contribution in [0.3, 0.4) is 0 Å². The lowest BCUT2D eigenvalue weighted by Crippen LogP contribution is -2.14. The molecule has 0 saturated heterocycles. The van der Waals surface area contributed by atoms with Crippen molar-refractivity contribution in [3.8, 4) is 5.75 Å². The van der Waals surface area contributed by atoms with Crippen molar-refractivity contribution in [3.63, 3.8) is 0 Å². The van der Waals surface area contributed by atoms with Crippen LogP contribution in [0.15, 0.2) is 40.9 Å². The molecule has 2 aromatic carbocycles. The molecule has 1 unspecified atom stereocenters. The van der Waals surface area contributed by atoms with Crippen molar-refractivity contribution in [1.82, 2.24) is 0 Å². The molecule has 0 aromatic heterocycles. The Morgan fingerprint density at radius 1 is 1.16 bits per heavy atom. The smallest absolute Gasteiger partial charge is 0.124 e. The van der Waals surface area contributed by atoms with Crippen LogP contribution in [0, 0.1) is 0 Å². The molecule has 0 bridgehead atoms. The van der Waals surface area contributed by atoms with Gasteiger partial charge in [-0.25, -0.2) is 0 Å². The molecule has 2 rings (SSSR count). The van der Waals surface area contributed by atoms with Gasteiger partial charge in [0, 0.05) is 25.6 Å². The second kappa shape index (κ2) is 6.14. The van der Waals surface area contributed by atoms with Crippen LogP contribution in [-0.4, -0.2) is 7.11 Å². The largest absolute Gasteiger partial charge is 0.496 e. The fourth-order valence-corrected chi connectivity index (χ4v) is 2.92. The average molecular weight is 361 g/mol. The third kappa shape index (κ3) is 3.06. The van der Waals surface area contributed by atoms with Crippen LogP contribution in [-0.2, 0) is 0 Å². The van der Waals surface area contributed by atoms with Crippen molar-refractivity contribution < 1.29 is 4.74 Å². The normalized spacial score (nSPS) is 12.3.